The Balaban J connectivity index is 1.86. The van der Waals surface area contributed by atoms with E-state index < -0.39 is 5.97 Å². The van der Waals surface area contributed by atoms with Gasteiger partial charge in [-0.15, -0.1) is 0 Å². The van der Waals surface area contributed by atoms with Crippen LogP contribution in [0.15, 0.2) is 47.1 Å². The standard InChI is InChI=1S/C24H25IN2O5/c1-4-6-11-31-22-19(25)12-16(14-21(22)30-5-2)13-20-24(29)32-23(27-20)17-7-9-18(10-8-17)26-15(3)28/h7-10,12-14H,4-6,11H2,1-3H3,(H,26,28)/b20-13-. The topological polar surface area (TPSA) is 86.2 Å². The number of benzene rings is 2. The number of carbonyl (C=O) groups excluding carboxylic acids is 2. The molecule has 1 aliphatic rings. The molecule has 7 nitrogen and oxygen atoms in total. The molecule has 0 fully saturated rings. The zero-order valence-electron chi connectivity index (χ0n) is 18.2. The van der Waals surface area contributed by atoms with Gasteiger partial charge in [0, 0.05) is 18.2 Å². The summed E-state index contributed by atoms with van der Waals surface area (Å²) in [4.78, 5) is 27.9. The number of anilines is 1. The molecule has 0 aromatic heterocycles. The molecule has 0 atom stereocenters. The molecule has 0 unspecified atom stereocenters. The zero-order valence-corrected chi connectivity index (χ0v) is 20.4. The number of halogens is 1. The van der Waals surface area contributed by atoms with E-state index in [4.69, 9.17) is 14.2 Å². The van der Waals surface area contributed by atoms with E-state index in [2.05, 4.69) is 39.8 Å². The maximum absolute atomic E-state index is 12.4. The van der Waals surface area contributed by atoms with E-state index in [9.17, 15) is 9.59 Å². The molecule has 1 amide bonds. The summed E-state index contributed by atoms with van der Waals surface area (Å²) in [5.74, 6) is 0.875. The number of nitrogens with zero attached hydrogens (tertiary/aromatic N) is 1. The van der Waals surface area contributed by atoms with E-state index in [1.165, 1.54) is 6.92 Å². The molecule has 168 valence electrons. The van der Waals surface area contributed by atoms with E-state index in [-0.39, 0.29) is 17.5 Å². The minimum absolute atomic E-state index is 0.157. The Labute approximate surface area is 201 Å². The summed E-state index contributed by atoms with van der Waals surface area (Å²) in [6.07, 6.45) is 3.67. The monoisotopic (exact) mass is 548 g/mol. The fourth-order valence-electron chi connectivity index (χ4n) is 2.98. The number of carbonyl (C=O) groups is 2. The van der Waals surface area contributed by atoms with Crippen LogP contribution in [0.5, 0.6) is 11.5 Å². The largest absolute Gasteiger partial charge is 0.490 e. The zero-order chi connectivity index (χ0) is 23.1. The molecule has 0 bridgehead atoms. The van der Waals surface area contributed by atoms with Crippen molar-refractivity contribution >= 4 is 52.1 Å². The van der Waals surface area contributed by atoms with Gasteiger partial charge in [-0.05, 0) is 84.0 Å². The number of ether oxygens (including phenoxy) is 3. The van der Waals surface area contributed by atoms with Gasteiger partial charge < -0.3 is 19.5 Å². The Morgan fingerprint density at radius 1 is 1.19 bits per heavy atom. The molecular weight excluding hydrogens is 523 g/mol. The number of amides is 1. The first-order chi connectivity index (χ1) is 15.4. The lowest BCUT2D eigenvalue weighted by Gasteiger charge is -2.14. The van der Waals surface area contributed by atoms with Gasteiger partial charge in [0.15, 0.2) is 17.2 Å². The second-order valence-corrected chi connectivity index (χ2v) is 8.22. The van der Waals surface area contributed by atoms with Crippen molar-refractivity contribution in [2.75, 3.05) is 18.5 Å². The Morgan fingerprint density at radius 2 is 1.94 bits per heavy atom. The predicted molar refractivity (Wildman–Crippen MR) is 132 cm³/mol. The van der Waals surface area contributed by atoms with Gasteiger partial charge in [-0.3, -0.25) is 4.79 Å². The number of hydrogen-bond acceptors (Lipinski definition) is 6. The van der Waals surface area contributed by atoms with Crippen molar-refractivity contribution in [1.29, 1.82) is 0 Å². The average molecular weight is 548 g/mol. The number of esters is 1. The number of hydrogen-bond donors (Lipinski definition) is 1. The molecule has 0 spiro atoms. The molecule has 0 saturated carbocycles. The van der Waals surface area contributed by atoms with Crippen LogP contribution < -0.4 is 14.8 Å². The van der Waals surface area contributed by atoms with E-state index >= 15 is 0 Å². The van der Waals surface area contributed by atoms with Crippen LogP contribution >= 0.6 is 22.6 Å². The van der Waals surface area contributed by atoms with Crippen LogP contribution in [-0.2, 0) is 14.3 Å². The van der Waals surface area contributed by atoms with Crippen LogP contribution in [0.25, 0.3) is 6.08 Å². The van der Waals surface area contributed by atoms with Crippen molar-refractivity contribution in [3.05, 3.63) is 56.8 Å². The highest BCUT2D eigenvalue weighted by atomic mass is 127. The third-order valence-corrected chi connectivity index (χ3v) is 5.25. The average Bonchev–Trinajstić information content (AvgIpc) is 3.10. The first-order valence-electron chi connectivity index (χ1n) is 10.4. The van der Waals surface area contributed by atoms with Crippen molar-refractivity contribution in [3.63, 3.8) is 0 Å². The molecule has 2 aromatic carbocycles. The molecule has 0 radical (unpaired) electrons. The Hall–Kier alpha value is -2.88. The van der Waals surface area contributed by atoms with Crippen LogP contribution in [0.3, 0.4) is 0 Å². The van der Waals surface area contributed by atoms with E-state index in [0.29, 0.717) is 36.0 Å². The van der Waals surface area contributed by atoms with Crippen LogP contribution in [0, 0.1) is 3.57 Å². The highest BCUT2D eigenvalue weighted by molar-refractivity contribution is 14.1. The lowest BCUT2D eigenvalue weighted by Crippen LogP contribution is -2.07. The normalized spacial score (nSPS) is 14.2. The highest BCUT2D eigenvalue weighted by Crippen LogP contribution is 2.35. The third-order valence-electron chi connectivity index (χ3n) is 4.45. The summed E-state index contributed by atoms with van der Waals surface area (Å²) in [6.45, 7) is 6.58. The number of aliphatic imine (C=N–C) groups is 1. The summed E-state index contributed by atoms with van der Waals surface area (Å²) in [7, 11) is 0. The summed E-state index contributed by atoms with van der Waals surface area (Å²) < 4.78 is 17.9. The van der Waals surface area contributed by atoms with Gasteiger partial charge in [0.1, 0.15) is 0 Å². The van der Waals surface area contributed by atoms with Crippen molar-refractivity contribution in [3.8, 4) is 11.5 Å². The lowest BCUT2D eigenvalue weighted by molar-refractivity contribution is -0.129. The number of cyclic esters (lactones) is 1. The lowest BCUT2D eigenvalue weighted by atomic mass is 10.1. The van der Waals surface area contributed by atoms with Crippen molar-refractivity contribution in [1.82, 2.24) is 0 Å². The van der Waals surface area contributed by atoms with Crippen LogP contribution in [0.4, 0.5) is 5.69 Å². The van der Waals surface area contributed by atoms with Gasteiger partial charge in [0.2, 0.25) is 11.8 Å². The predicted octanol–water partition coefficient (Wildman–Crippen LogP) is 5.17. The highest BCUT2D eigenvalue weighted by Gasteiger charge is 2.24. The third kappa shape index (κ3) is 6.09. The minimum Gasteiger partial charge on any atom is -0.490 e. The van der Waals surface area contributed by atoms with Crippen LogP contribution in [0.2, 0.25) is 0 Å². The molecule has 2 aromatic rings. The van der Waals surface area contributed by atoms with Gasteiger partial charge in [-0.25, -0.2) is 9.79 Å². The molecule has 1 heterocycles. The van der Waals surface area contributed by atoms with Crippen LogP contribution in [0.1, 0.15) is 44.7 Å². The SMILES string of the molecule is CCCCOc1c(I)cc(/C=C2\N=C(c3ccc(NC(C)=O)cc3)OC2=O)cc1OCC. The van der Waals surface area contributed by atoms with E-state index in [1.54, 1.807) is 30.3 Å². The van der Waals surface area contributed by atoms with Gasteiger partial charge >= 0.3 is 5.97 Å². The fraction of sp³-hybridized carbons (Fsp3) is 0.292. The van der Waals surface area contributed by atoms with E-state index in [1.807, 2.05) is 19.1 Å². The number of unbranched alkanes of at least 4 members (excludes halogenated alkanes) is 1. The van der Waals surface area contributed by atoms with Crippen LogP contribution in [-0.4, -0.2) is 31.0 Å². The minimum atomic E-state index is -0.526. The summed E-state index contributed by atoms with van der Waals surface area (Å²) in [5, 5.41) is 2.69. The molecule has 32 heavy (non-hydrogen) atoms. The quantitative estimate of drug-likeness (QED) is 0.202. The Morgan fingerprint density at radius 3 is 2.59 bits per heavy atom. The van der Waals surface area contributed by atoms with Crippen molar-refractivity contribution in [2.24, 2.45) is 4.99 Å². The summed E-state index contributed by atoms with van der Waals surface area (Å²) >= 11 is 2.20. The molecular formula is C24H25IN2O5. The van der Waals surface area contributed by atoms with Gasteiger partial charge in [-0.1, -0.05) is 13.3 Å². The fourth-order valence-corrected chi connectivity index (χ4v) is 3.76. The van der Waals surface area contributed by atoms with Gasteiger partial charge in [0.05, 0.1) is 16.8 Å². The molecule has 0 saturated heterocycles. The maximum atomic E-state index is 12.4. The van der Waals surface area contributed by atoms with Gasteiger partial charge in [-0.2, -0.15) is 0 Å². The Bertz CT molecular complexity index is 1060. The second-order valence-electron chi connectivity index (χ2n) is 7.06. The van der Waals surface area contributed by atoms with E-state index in [0.717, 1.165) is 22.0 Å². The first kappa shape index (κ1) is 23.8. The first-order valence-corrected chi connectivity index (χ1v) is 11.5. The molecule has 3 rings (SSSR count). The Kier molecular flexibility index (Phi) is 8.26. The van der Waals surface area contributed by atoms with Crippen molar-refractivity contribution in [2.45, 2.75) is 33.6 Å². The number of nitrogens with one attached hydrogen (secondary N) is 1. The summed E-state index contributed by atoms with van der Waals surface area (Å²) in [6, 6.07) is 10.7. The molecule has 8 heteroatoms. The second kappa shape index (κ2) is 11.1. The van der Waals surface area contributed by atoms with Crippen molar-refractivity contribution < 1.29 is 23.8 Å². The molecule has 1 N–H and O–H groups in total. The maximum Gasteiger partial charge on any atom is 0.363 e. The smallest absolute Gasteiger partial charge is 0.363 e. The number of rotatable bonds is 9. The molecule has 1 aliphatic heterocycles. The summed E-state index contributed by atoms with van der Waals surface area (Å²) in [5.41, 5.74) is 2.25. The molecule has 0 aliphatic carbocycles. The van der Waals surface area contributed by atoms with Gasteiger partial charge in [0.25, 0.3) is 0 Å².